The molecule has 8 heteroatoms. The standard InChI is InChI=1S/C20H23FN4O2S/c1-23-10-6-20(19(27)25(23)14-15-4-2-3-5-16(15)21)7-11-24(12-8-20)18(26)17-22-9-13-28-17/h2-5,9,13H,6-8,10-12,14H2,1H3. The Kier molecular flexibility index (Phi) is 5.16. The lowest BCUT2D eigenvalue weighted by Crippen LogP contribution is -2.59. The number of rotatable bonds is 3. The van der Waals surface area contributed by atoms with Crippen LogP contribution in [-0.2, 0) is 11.3 Å². The Morgan fingerprint density at radius 1 is 1.21 bits per heavy atom. The van der Waals surface area contributed by atoms with Gasteiger partial charge in [0, 0.05) is 43.8 Å². The maximum Gasteiger partial charge on any atom is 0.282 e. The maximum absolute atomic E-state index is 14.1. The summed E-state index contributed by atoms with van der Waals surface area (Å²) in [5, 5.41) is 5.83. The number of carbonyl (C=O) groups is 2. The number of aromatic nitrogens is 1. The third-order valence-corrected chi connectivity index (χ3v) is 6.68. The van der Waals surface area contributed by atoms with Crippen molar-refractivity contribution in [3.05, 3.63) is 52.2 Å². The fraction of sp³-hybridized carbons (Fsp3) is 0.450. The van der Waals surface area contributed by atoms with Crippen molar-refractivity contribution in [1.82, 2.24) is 19.9 Å². The van der Waals surface area contributed by atoms with Crippen LogP contribution in [0.5, 0.6) is 0 Å². The molecule has 2 aliphatic heterocycles. The molecule has 2 fully saturated rings. The number of hydrazine groups is 1. The summed E-state index contributed by atoms with van der Waals surface area (Å²) in [4.78, 5) is 31.8. The van der Waals surface area contributed by atoms with Gasteiger partial charge in [0.05, 0.1) is 12.0 Å². The van der Waals surface area contributed by atoms with Gasteiger partial charge in [-0.15, -0.1) is 11.3 Å². The molecule has 148 valence electrons. The first-order valence-corrected chi connectivity index (χ1v) is 10.3. The minimum Gasteiger partial charge on any atom is -0.337 e. The van der Waals surface area contributed by atoms with E-state index in [9.17, 15) is 14.0 Å². The van der Waals surface area contributed by atoms with Gasteiger partial charge in [0.15, 0.2) is 5.01 Å². The summed E-state index contributed by atoms with van der Waals surface area (Å²) in [7, 11) is 1.87. The first-order chi connectivity index (χ1) is 13.5. The number of hydrogen-bond donors (Lipinski definition) is 0. The summed E-state index contributed by atoms with van der Waals surface area (Å²) in [6.45, 7) is 2.05. The van der Waals surface area contributed by atoms with Crippen LogP contribution in [0.4, 0.5) is 4.39 Å². The van der Waals surface area contributed by atoms with Crippen LogP contribution in [-0.4, -0.2) is 58.4 Å². The smallest absolute Gasteiger partial charge is 0.282 e. The summed E-state index contributed by atoms with van der Waals surface area (Å²) < 4.78 is 14.1. The summed E-state index contributed by atoms with van der Waals surface area (Å²) in [5.41, 5.74) is 0.0355. The number of benzene rings is 1. The highest BCUT2D eigenvalue weighted by molar-refractivity contribution is 7.11. The fourth-order valence-corrected chi connectivity index (χ4v) is 4.68. The third-order valence-electron chi connectivity index (χ3n) is 5.92. The highest BCUT2D eigenvalue weighted by Gasteiger charge is 2.48. The van der Waals surface area contributed by atoms with Gasteiger partial charge in [-0.1, -0.05) is 18.2 Å². The predicted octanol–water partition coefficient (Wildman–Crippen LogP) is 2.78. The molecule has 0 N–H and O–H groups in total. The van der Waals surface area contributed by atoms with E-state index >= 15 is 0 Å². The number of piperidine rings is 1. The highest BCUT2D eigenvalue weighted by Crippen LogP contribution is 2.41. The van der Waals surface area contributed by atoms with E-state index in [0.29, 0.717) is 36.5 Å². The number of likely N-dealkylation sites (tertiary alicyclic amines) is 1. The molecule has 2 aliphatic rings. The van der Waals surface area contributed by atoms with Crippen molar-refractivity contribution in [1.29, 1.82) is 0 Å². The zero-order valence-corrected chi connectivity index (χ0v) is 16.6. The average molecular weight is 402 g/mol. The van der Waals surface area contributed by atoms with E-state index in [4.69, 9.17) is 0 Å². The van der Waals surface area contributed by atoms with Gasteiger partial charge in [0.1, 0.15) is 5.82 Å². The molecule has 2 aromatic rings. The zero-order valence-electron chi connectivity index (χ0n) is 15.8. The molecule has 4 rings (SSSR count). The minimum absolute atomic E-state index is 0.0332. The zero-order chi connectivity index (χ0) is 19.7. The van der Waals surface area contributed by atoms with Crippen LogP contribution in [0.2, 0.25) is 0 Å². The summed E-state index contributed by atoms with van der Waals surface area (Å²) in [5.74, 6) is -0.327. The first kappa shape index (κ1) is 19.0. The molecule has 28 heavy (non-hydrogen) atoms. The first-order valence-electron chi connectivity index (χ1n) is 9.45. The van der Waals surface area contributed by atoms with E-state index in [1.54, 1.807) is 39.7 Å². The van der Waals surface area contributed by atoms with Crippen molar-refractivity contribution in [2.75, 3.05) is 26.7 Å². The van der Waals surface area contributed by atoms with Gasteiger partial charge in [0.25, 0.3) is 5.91 Å². The molecule has 1 aromatic heterocycles. The predicted molar refractivity (Wildman–Crippen MR) is 104 cm³/mol. The number of halogens is 1. The number of hydrogen-bond acceptors (Lipinski definition) is 5. The van der Waals surface area contributed by atoms with E-state index in [1.165, 1.54) is 17.4 Å². The second-order valence-corrected chi connectivity index (χ2v) is 8.39. The largest absolute Gasteiger partial charge is 0.337 e. The molecular formula is C20H23FN4O2S. The molecule has 2 saturated heterocycles. The minimum atomic E-state index is -0.475. The molecule has 1 spiro atoms. The quantitative estimate of drug-likeness (QED) is 0.792. The summed E-state index contributed by atoms with van der Waals surface area (Å²) >= 11 is 1.34. The van der Waals surface area contributed by atoms with Crippen molar-refractivity contribution >= 4 is 23.2 Å². The van der Waals surface area contributed by atoms with Crippen LogP contribution >= 0.6 is 11.3 Å². The third kappa shape index (κ3) is 3.42. The van der Waals surface area contributed by atoms with Crippen LogP contribution < -0.4 is 0 Å². The topological polar surface area (TPSA) is 56.8 Å². The molecule has 0 radical (unpaired) electrons. The number of thiazole rings is 1. The molecule has 1 aromatic carbocycles. The Morgan fingerprint density at radius 2 is 1.93 bits per heavy atom. The monoisotopic (exact) mass is 402 g/mol. The highest BCUT2D eigenvalue weighted by atomic mass is 32.1. The van der Waals surface area contributed by atoms with E-state index in [0.717, 1.165) is 13.0 Å². The van der Waals surface area contributed by atoms with Gasteiger partial charge in [-0.2, -0.15) is 0 Å². The molecule has 0 atom stereocenters. The lowest BCUT2D eigenvalue weighted by molar-refractivity contribution is -0.174. The molecule has 0 aliphatic carbocycles. The molecular weight excluding hydrogens is 379 g/mol. The van der Waals surface area contributed by atoms with Crippen molar-refractivity contribution in [2.45, 2.75) is 25.8 Å². The van der Waals surface area contributed by atoms with Crippen molar-refractivity contribution in [2.24, 2.45) is 5.41 Å². The second-order valence-electron chi connectivity index (χ2n) is 7.50. The normalized spacial score (nSPS) is 20.0. The Morgan fingerprint density at radius 3 is 2.61 bits per heavy atom. The molecule has 0 saturated carbocycles. The van der Waals surface area contributed by atoms with Gasteiger partial charge < -0.3 is 4.90 Å². The van der Waals surface area contributed by atoms with Crippen LogP contribution in [0.25, 0.3) is 0 Å². The van der Waals surface area contributed by atoms with E-state index < -0.39 is 5.41 Å². The van der Waals surface area contributed by atoms with Gasteiger partial charge in [-0.25, -0.2) is 14.4 Å². The van der Waals surface area contributed by atoms with Crippen LogP contribution in [0, 0.1) is 11.2 Å². The fourth-order valence-electron chi connectivity index (χ4n) is 4.08. The van der Waals surface area contributed by atoms with Crippen molar-refractivity contribution in [3.8, 4) is 0 Å². The van der Waals surface area contributed by atoms with Gasteiger partial charge in [-0.05, 0) is 25.3 Å². The SMILES string of the molecule is CN1CCC2(CCN(C(=O)c3nccs3)CC2)C(=O)N1Cc1ccccc1F. The van der Waals surface area contributed by atoms with E-state index in [1.807, 2.05) is 12.1 Å². The average Bonchev–Trinajstić information content (AvgIpc) is 3.25. The molecule has 6 nitrogen and oxygen atoms in total. The van der Waals surface area contributed by atoms with E-state index in [2.05, 4.69) is 4.98 Å². The Hall–Kier alpha value is -2.32. The second kappa shape index (κ2) is 7.60. The molecule has 0 bridgehead atoms. The molecule has 0 unspecified atom stereocenters. The number of amides is 2. The molecule has 2 amide bonds. The van der Waals surface area contributed by atoms with Crippen LogP contribution in [0.1, 0.15) is 34.6 Å². The van der Waals surface area contributed by atoms with Gasteiger partial charge >= 0.3 is 0 Å². The lowest BCUT2D eigenvalue weighted by Gasteiger charge is -2.49. The van der Waals surface area contributed by atoms with Gasteiger partial charge in [0.2, 0.25) is 5.91 Å². The number of nitrogens with zero attached hydrogens (tertiary/aromatic N) is 4. The Labute approximate surface area is 167 Å². The number of carbonyl (C=O) groups excluding carboxylic acids is 2. The lowest BCUT2D eigenvalue weighted by atomic mass is 9.73. The Balaban J connectivity index is 1.47. The van der Waals surface area contributed by atoms with Crippen LogP contribution in [0.3, 0.4) is 0 Å². The molecule has 3 heterocycles. The summed E-state index contributed by atoms with van der Waals surface area (Å²) in [6.07, 6.45) is 3.65. The van der Waals surface area contributed by atoms with Crippen molar-refractivity contribution in [3.63, 3.8) is 0 Å². The van der Waals surface area contributed by atoms with Gasteiger partial charge in [-0.3, -0.25) is 14.6 Å². The Bertz CT molecular complexity index is 865. The van der Waals surface area contributed by atoms with Crippen LogP contribution in [0.15, 0.2) is 35.8 Å². The van der Waals surface area contributed by atoms with E-state index in [-0.39, 0.29) is 24.2 Å². The van der Waals surface area contributed by atoms with Crippen molar-refractivity contribution < 1.29 is 14.0 Å². The summed E-state index contributed by atoms with van der Waals surface area (Å²) in [6, 6.07) is 6.57. The maximum atomic E-state index is 14.1.